The van der Waals surface area contributed by atoms with Crippen molar-refractivity contribution >= 4 is 29.5 Å². The minimum Gasteiger partial charge on any atom is -0.488 e. The summed E-state index contributed by atoms with van der Waals surface area (Å²) in [5.74, 6) is 0.00112. The molecule has 1 amide bonds. The van der Waals surface area contributed by atoms with Gasteiger partial charge in [0.15, 0.2) is 12.0 Å². The molecule has 1 aliphatic rings. The van der Waals surface area contributed by atoms with Gasteiger partial charge in [0, 0.05) is 33.7 Å². The van der Waals surface area contributed by atoms with E-state index in [1.165, 1.54) is 7.11 Å². The van der Waals surface area contributed by atoms with Gasteiger partial charge in [0.1, 0.15) is 18.1 Å². The number of rotatable bonds is 7. The van der Waals surface area contributed by atoms with Crippen LogP contribution in [-0.2, 0) is 11.3 Å². The van der Waals surface area contributed by atoms with Gasteiger partial charge in [-0.3, -0.25) is 9.59 Å². The van der Waals surface area contributed by atoms with Crippen molar-refractivity contribution in [1.82, 2.24) is 10.3 Å². The van der Waals surface area contributed by atoms with Gasteiger partial charge in [-0.15, -0.1) is 11.3 Å². The van der Waals surface area contributed by atoms with E-state index in [4.69, 9.17) is 9.47 Å². The molecule has 4 rings (SSSR count). The molecular weight excluding hydrogens is 488 g/mol. The molecule has 0 saturated heterocycles. The molecule has 0 atom stereocenters. The molecule has 0 bridgehead atoms. The first-order valence-corrected chi connectivity index (χ1v) is 13.5. The van der Waals surface area contributed by atoms with Crippen LogP contribution in [0.15, 0.2) is 35.7 Å². The Morgan fingerprint density at radius 2 is 1.84 bits per heavy atom. The minimum absolute atomic E-state index is 0.0373. The summed E-state index contributed by atoms with van der Waals surface area (Å²) in [6, 6.07) is 8.67. The first kappa shape index (κ1) is 29.7. The predicted molar refractivity (Wildman–Crippen MR) is 149 cm³/mol. The Hall–Kier alpha value is -3.52. The number of nitrogens with zero attached hydrogens (tertiary/aromatic N) is 1. The molecule has 0 fully saturated rings. The molecule has 3 heterocycles. The van der Waals surface area contributed by atoms with E-state index in [9.17, 15) is 14.4 Å². The topological polar surface area (TPSA) is 94.6 Å². The van der Waals surface area contributed by atoms with Crippen LogP contribution < -0.4 is 10.1 Å². The van der Waals surface area contributed by atoms with Crippen molar-refractivity contribution in [3.63, 3.8) is 0 Å². The number of hydrogen-bond acceptors (Lipinski definition) is 7. The second-order valence-corrected chi connectivity index (χ2v) is 9.06. The van der Waals surface area contributed by atoms with Crippen molar-refractivity contribution in [3.05, 3.63) is 58.2 Å². The molecule has 1 N–H and O–H groups in total. The molecule has 1 aliphatic heterocycles. The molecular formula is C29H36N2O5S. The zero-order chi connectivity index (χ0) is 27.5. The van der Waals surface area contributed by atoms with Gasteiger partial charge in [-0.2, -0.15) is 0 Å². The third kappa shape index (κ3) is 6.83. The molecule has 0 radical (unpaired) electrons. The summed E-state index contributed by atoms with van der Waals surface area (Å²) in [6.45, 7) is 13.1. The lowest BCUT2D eigenvalue weighted by Crippen LogP contribution is -2.27. The first-order chi connectivity index (χ1) is 17.9. The first-order valence-electron chi connectivity index (χ1n) is 12.6. The van der Waals surface area contributed by atoms with Gasteiger partial charge < -0.3 is 14.8 Å². The highest BCUT2D eigenvalue weighted by Gasteiger charge is 2.25. The molecule has 0 saturated carbocycles. The smallest absolute Gasteiger partial charge is 0.357 e. The van der Waals surface area contributed by atoms with Gasteiger partial charge in [0.25, 0.3) is 5.91 Å². The summed E-state index contributed by atoms with van der Waals surface area (Å²) in [6.07, 6.45) is 1.57. The number of benzene rings is 1. The Morgan fingerprint density at radius 3 is 2.49 bits per heavy atom. The second-order valence-electron chi connectivity index (χ2n) is 8.14. The van der Waals surface area contributed by atoms with E-state index >= 15 is 0 Å². The molecule has 37 heavy (non-hydrogen) atoms. The van der Waals surface area contributed by atoms with E-state index < -0.39 is 5.97 Å². The Kier molecular flexibility index (Phi) is 11.5. The van der Waals surface area contributed by atoms with Crippen molar-refractivity contribution < 1.29 is 23.9 Å². The SMILES string of the molecule is CC.CC.COC(=O)c1nc(C(=O)NCCC(C)C)ccc1-c1cc2c(cc1C=O)-c1sccc1CO2. The Balaban J connectivity index is 0.00000115. The van der Waals surface area contributed by atoms with Gasteiger partial charge in [-0.25, -0.2) is 9.78 Å². The summed E-state index contributed by atoms with van der Waals surface area (Å²) in [7, 11) is 1.25. The average molecular weight is 525 g/mol. The third-order valence-electron chi connectivity index (χ3n) is 5.46. The normalized spacial score (nSPS) is 10.9. The van der Waals surface area contributed by atoms with Crippen molar-refractivity contribution in [2.75, 3.05) is 13.7 Å². The Labute approximate surface area is 223 Å². The van der Waals surface area contributed by atoms with Crippen LogP contribution in [0.1, 0.15) is 84.9 Å². The number of amides is 1. The molecule has 2 aromatic heterocycles. The largest absolute Gasteiger partial charge is 0.488 e. The van der Waals surface area contributed by atoms with Gasteiger partial charge in [-0.05, 0) is 53.6 Å². The Morgan fingerprint density at radius 1 is 1.11 bits per heavy atom. The number of hydrogen-bond donors (Lipinski definition) is 1. The van der Waals surface area contributed by atoms with Crippen molar-refractivity contribution in [3.8, 4) is 27.3 Å². The predicted octanol–water partition coefficient (Wildman–Crippen LogP) is 6.80. The fourth-order valence-electron chi connectivity index (χ4n) is 3.69. The summed E-state index contributed by atoms with van der Waals surface area (Å²) in [4.78, 5) is 42.5. The number of fused-ring (bicyclic) bond motifs is 3. The van der Waals surface area contributed by atoms with E-state index in [0.717, 1.165) is 28.7 Å². The quantitative estimate of drug-likeness (QED) is 0.270. The number of esters is 1. The number of carbonyl (C=O) groups is 3. The summed E-state index contributed by atoms with van der Waals surface area (Å²) in [5.41, 5.74) is 3.25. The van der Waals surface area contributed by atoms with Crippen LogP contribution in [0.25, 0.3) is 21.6 Å². The number of methoxy groups -OCH3 is 1. The average Bonchev–Trinajstić information content (AvgIpc) is 3.43. The van der Waals surface area contributed by atoms with Crippen LogP contribution in [0.3, 0.4) is 0 Å². The van der Waals surface area contributed by atoms with Crippen molar-refractivity contribution in [2.24, 2.45) is 5.92 Å². The fraction of sp³-hybridized carbons (Fsp3) is 0.379. The van der Waals surface area contributed by atoms with Crippen molar-refractivity contribution in [2.45, 2.75) is 54.6 Å². The maximum atomic E-state index is 12.6. The zero-order valence-corrected chi connectivity index (χ0v) is 23.5. The Bertz CT molecular complexity index is 1230. The maximum absolute atomic E-state index is 12.6. The highest BCUT2D eigenvalue weighted by molar-refractivity contribution is 7.13. The number of aldehydes is 1. The maximum Gasteiger partial charge on any atom is 0.357 e. The lowest BCUT2D eigenvalue weighted by molar-refractivity contribution is 0.0594. The molecule has 0 spiro atoms. The zero-order valence-electron chi connectivity index (χ0n) is 22.6. The van der Waals surface area contributed by atoms with Gasteiger partial charge >= 0.3 is 5.97 Å². The van der Waals surface area contributed by atoms with Crippen LogP contribution in [-0.4, -0.2) is 36.8 Å². The number of aromatic nitrogens is 1. The van der Waals surface area contributed by atoms with E-state index in [-0.39, 0.29) is 17.3 Å². The molecule has 198 valence electrons. The van der Waals surface area contributed by atoms with Crippen LogP contribution in [0, 0.1) is 5.92 Å². The van der Waals surface area contributed by atoms with E-state index in [1.807, 2.05) is 39.1 Å². The van der Waals surface area contributed by atoms with E-state index in [2.05, 4.69) is 24.1 Å². The fourth-order valence-corrected chi connectivity index (χ4v) is 4.62. The standard InChI is InChI=1S/C25H24N2O5S.2C2H6/c1-14(2)6-8-26-24(29)20-5-4-17(22(27-20)25(30)31-3)18-11-21-19(10-16(18)12-28)23-15(13-32-21)7-9-33-23;2*1-2/h4-5,7,9-12,14H,6,8,13H2,1-3H3,(H,26,29);2*1-2H3. The number of nitrogens with one attached hydrogen (secondary N) is 1. The van der Waals surface area contributed by atoms with Crippen molar-refractivity contribution in [1.29, 1.82) is 0 Å². The van der Waals surface area contributed by atoms with E-state index in [0.29, 0.717) is 41.5 Å². The molecule has 8 heteroatoms. The minimum atomic E-state index is -0.696. The van der Waals surface area contributed by atoms with Crippen LogP contribution in [0.5, 0.6) is 5.75 Å². The number of carbonyl (C=O) groups excluding carboxylic acids is 3. The van der Waals surface area contributed by atoms with E-state index in [1.54, 1.807) is 35.6 Å². The van der Waals surface area contributed by atoms with Crippen LogP contribution in [0.4, 0.5) is 0 Å². The molecule has 0 unspecified atom stereocenters. The van der Waals surface area contributed by atoms with Crippen LogP contribution in [0.2, 0.25) is 0 Å². The molecule has 0 aliphatic carbocycles. The summed E-state index contributed by atoms with van der Waals surface area (Å²) in [5, 5.41) is 4.80. The molecule has 3 aromatic rings. The highest BCUT2D eigenvalue weighted by atomic mass is 32.1. The summed E-state index contributed by atoms with van der Waals surface area (Å²) >= 11 is 1.59. The number of ether oxygens (including phenoxy) is 2. The van der Waals surface area contributed by atoms with Gasteiger partial charge in [-0.1, -0.05) is 41.5 Å². The molecule has 7 nitrogen and oxygen atoms in total. The monoisotopic (exact) mass is 524 g/mol. The second kappa shape index (κ2) is 14.3. The summed E-state index contributed by atoms with van der Waals surface area (Å²) < 4.78 is 10.8. The third-order valence-corrected chi connectivity index (χ3v) is 6.45. The van der Waals surface area contributed by atoms with Gasteiger partial charge in [0.05, 0.1) is 7.11 Å². The lowest BCUT2D eigenvalue weighted by atomic mass is 9.94. The van der Waals surface area contributed by atoms with Crippen LogP contribution >= 0.6 is 11.3 Å². The molecule has 1 aromatic carbocycles. The van der Waals surface area contributed by atoms with Gasteiger partial charge in [0.2, 0.25) is 0 Å². The number of pyridine rings is 1. The highest BCUT2D eigenvalue weighted by Crippen LogP contribution is 2.44. The number of thiophene rings is 1. The lowest BCUT2D eigenvalue weighted by Gasteiger charge is -2.20.